The van der Waals surface area contributed by atoms with E-state index in [1.54, 1.807) is 0 Å². The molecule has 1 saturated heterocycles. The zero-order chi connectivity index (χ0) is 17.4. The summed E-state index contributed by atoms with van der Waals surface area (Å²) in [4.78, 5) is 2.49. The topological polar surface area (TPSA) is 3.24 Å². The van der Waals surface area contributed by atoms with Gasteiger partial charge in [-0.05, 0) is 61.9 Å². The lowest BCUT2D eigenvalue weighted by Crippen LogP contribution is -2.27. The fourth-order valence-electron chi connectivity index (χ4n) is 3.38. The van der Waals surface area contributed by atoms with Crippen LogP contribution in [0.3, 0.4) is 0 Å². The van der Waals surface area contributed by atoms with E-state index in [2.05, 4.69) is 96.1 Å². The maximum Gasteiger partial charge on any atom is 0.0860 e. The number of nitrogens with zero attached hydrogens (tertiary/aromatic N) is 1. The van der Waals surface area contributed by atoms with Gasteiger partial charge in [-0.1, -0.05) is 60.7 Å². The van der Waals surface area contributed by atoms with Crippen LogP contribution in [0.2, 0.25) is 0 Å². The molecule has 3 rings (SSSR count). The van der Waals surface area contributed by atoms with Gasteiger partial charge in [0.25, 0.3) is 0 Å². The van der Waals surface area contributed by atoms with Crippen LogP contribution >= 0.6 is 35.9 Å². The molecule has 26 heavy (non-hydrogen) atoms. The average Bonchev–Trinajstić information content (AvgIpc) is 2.69. The molecule has 0 radical (unpaired) electrons. The van der Waals surface area contributed by atoms with Gasteiger partial charge in [-0.25, -0.2) is 0 Å². The maximum absolute atomic E-state index is 2.49. The fraction of sp³-hybridized carbons (Fsp3) is 0.455. The predicted molar refractivity (Wildman–Crippen MR) is 122 cm³/mol. The molecule has 1 aliphatic heterocycles. The van der Waals surface area contributed by atoms with Crippen molar-refractivity contribution < 1.29 is 0 Å². The van der Waals surface area contributed by atoms with Gasteiger partial charge in [-0.2, -0.15) is 0 Å². The van der Waals surface area contributed by atoms with Crippen molar-refractivity contribution in [2.24, 2.45) is 0 Å². The van der Waals surface area contributed by atoms with Gasteiger partial charge in [0, 0.05) is 6.54 Å². The van der Waals surface area contributed by atoms with Gasteiger partial charge in [-0.3, -0.25) is 0 Å². The van der Waals surface area contributed by atoms with Crippen LogP contribution in [0.15, 0.2) is 60.7 Å². The van der Waals surface area contributed by atoms with Gasteiger partial charge in [0.15, 0.2) is 0 Å². The van der Waals surface area contributed by atoms with Gasteiger partial charge >= 0.3 is 0 Å². The van der Waals surface area contributed by atoms with Crippen molar-refractivity contribution in [1.29, 1.82) is 0 Å². The van der Waals surface area contributed by atoms with E-state index in [0.717, 1.165) is 13.0 Å². The maximum atomic E-state index is 2.49. The van der Waals surface area contributed by atoms with Crippen LogP contribution in [0.25, 0.3) is 0 Å². The summed E-state index contributed by atoms with van der Waals surface area (Å²) in [7, 11) is 2.26. The molecule has 4 heteroatoms. The first-order valence-corrected chi connectivity index (χ1v) is 11.3. The Hall–Kier alpha value is -0.610. The van der Waals surface area contributed by atoms with Crippen LogP contribution in [0, 0.1) is 0 Å². The van der Waals surface area contributed by atoms with E-state index < -0.39 is 0 Å². The van der Waals surface area contributed by atoms with Crippen LogP contribution < -0.4 is 0 Å². The number of thioether (sulfide) groups is 2. The number of rotatable bonds is 8. The summed E-state index contributed by atoms with van der Waals surface area (Å²) in [5.41, 5.74) is 2.95. The summed E-state index contributed by atoms with van der Waals surface area (Å²) < 4.78 is 0.278. The number of benzene rings is 2. The summed E-state index contributed by atoms with van der Waals surface area (Å²) in [6.45, 7) is 2.32. The summed E-state index contributed by atoms with van der Waals surface area (Å²) >= 11 is 4.34. The predicted octanol–water partition coefficient (Wildman–Crippen LogP) is 6.09. The average molecular weight is 408 g/mol. The largest absolute Gasteiger partial charge is 0.306 e. The van der Waals surface area contributed by atoms with Crippen LogP contribution in [0.4, 0.5) is 0 Å². The van der Waals surface area contributed by atoms with Gasteiger partial charge in [0.2, 0.25) is 0 Å². The van der Waals surface area contributed by atoms with Gasteiger partial charge in [0.05, 0.1) is 4.08 Å². The first-order chi connectivity index (χ1) is 12.3. The molecule has 1 heterocycles. The number of hydrogen-bond donors (Lipinski definition) is 0. The van der Waals surface area contributed by atoms with Crippen molar-refractivity contribution in [3.8, 4) is 0 Å². The van der Waals surface area contributed by atoms with Gasteiger partial charge in [-0.15, -0.1) is 35.9 Å². The summed E-state index contributed by atoms with van der Waals surface area (Å²) in [6, 6.07) is 22.0. The normalized spacial score (nSPS) is 16.2. The molecule has 0 N–H and O–H groups in total. The Labute approximate surface area is 173 Å². The third-order valence-electron chi connectivity index (χ3n) is 4.84. The van der Waals surface area contributed by atoms with Crippen molar-refractivity contribution in [3.63, 3.8) is 0 Å². The van der Waals surface area contributed by atoms with E-state index in [1.165, 1.54) is 48.4 Å². The molecule has 1 aliphatic rings. The van der Waals surface area contributed by atoms with Gasteiger partial charge < -0.3 is 4.90 Å². The fourth-order valence-corrected chi connectivity index (χ4v) is 6.82. The van der Waals surface area contributed by atoms with E-state index in [0.29, 0.717) is 0 Å². The molecular formula is C22H30ClNS2. The Morgan fingerprint density at radius 1 is 0.885 bits per heavy atom. The molecule has 0 aliphatic carbocycles. The SMILES string of the molecule is CN(CCCC1(c2ccccc2)SCCCS1)CCc1ccccc1.Cl. The molecule has 2 aromatic carbocycles. The highest BCUT2D eigenvalue weighted by Crippen LogP contribution is 2.53. The molecular weight excluding hydrogens is 378 g/mol. The summed E-state index contributed by atoms with van der Waals surface area (Å²) in [5.74, 6) is 2.59. The molecule has 2 aromatic rings. The minimum Gasteiger partial charge on any atom is -0.306 e. The van der Waals surface area contributed by atoms with Crippen LogP contribution in [-0.4, -0.2) is 36.5 Å². The molecule has 0 bridgehead atoms. The molecule has 0 saturated carbocycles. The van der Waals surface area contributed by atoms with Crippen molar-refractivity contribution in [2.45, 2.75) is 29.8 Å². The molecule has 1 fully saturated rings. The van der Waals surface area contributed by atoms with Gasteiger partial charge in [0.1, 0.15) is 0 Å². The molecule has 142 valence electrons. The van der Waals surface area contributed by atoms with Crippen LogP contribution in [0.1, 0.15) is 30.4 Å². The van der Waals surface area contributed by atoms with Crippen molar-refractivity contribution in [3.05, 3.63) is 71.8 Å². The quantitative estimate of drug-likeness (QED) is 0.521. The van der Waals surface area contributed by atoms with E-state index in [1.807, 2.05) is 0 Å². The second-order valence-electron chi connectivity index (χ2n) is 6.81. The van der Waals surface area contributed by atoms with Crippen molar-refractivity contribution >= 4 is 35.9 Å². The number of likely N-dealkylation sites (N-methyl/N-ethyl adjacent to an activating group) is 1. The Bertz CT molecular complexity index is 615. The Morgan fingerprint density at radius 2 is 1.50 bits per heavy atom. The number of halogens is 1. The third-order valence-corrected chi connectivity index (χ3v) is 8.35. The molecule has 1 nitrogen and oxygen atoms in total. The van der Waals surface area contributed by atoms with E-state index in [-0.39, 0.29) is 16.5 Å². The standard InChI is InChI=1S/C22H29NS2.ClH/c1-23(17-14-20-10-4-2-5-11-20)16-8-15-22(24-18-9-19-25-22)21-12-6-3-7-13-21;/h2-7,10-13H,8-9,14-19H2,1H3;1H. The lowest BCUT2D eigenvalue weighted by atomic mass is 10.1. The Morgan fingerprint density at radius 3 is 2.15 bits per heavy atom. The molecule has 0 unspecified atom stereocenters. The summed E-state index contributed by atoms with van der Waals surface area (Å²) in [6.07, 6.45) is 5.02. The zero-order valence-electron chi connectivity index (χ0n) is 15.6. The van der Waals surface area contributed by atoms with Crippen LogP contribution in [-0.2, 0) is 10.5 Å². The van der Waals surface area contributed by atoms with Crippen LogP contribution in [0.5, 0.6) is 0 Å². The second kappa shape index (κ2) is 11.3. The lowest BCUT2D eigenvalue weighted by molar-refractivity contribution is 0.328. The smallest absolute Gasteiger partial charge is 0.0860 e. The molecule has 0 amide bonds. The number of hydrogen-bond acceptors (Lipinski definition) is 3. The van der Waals surface area contributed by atoms with E-state index >= 15 is 0 Å². The highest BCUT2D eigenvalue weighted by atomic mass is 35.5. The minimum absolute atomic E-state index is 0. The lowest BCUT2D eigenvalue weighted by Gasteiger charge is -2.37. The van der Waals surface area contributed by atoms with Crippen molar-refractivity contribution in [1.82, 2.24) is 4.90 Å². The zero-order valence-corrected chi connectivity index (χ0v) is 18.1. The highest BCUT2D eigenvalue weighted by molar-refractivity contribution is 8.18. The first-order valence-electron chi connectivity index (χ1n) is 9.34. The second-order valence-corrected chi connectivity index (χ2v) is 9.86. The third kappa shape index (κ3) is 6.23. The highest BCUT2D eigenvalue weighted by Gasteiger charge is 2.34. The van der Waals surface area contributed by atoms with E-state index in [4.69, 9.17) is 0 Å². The summed E-state index contributed by atoms with van der Waals surface area (Å²) in [5, 5.41) is 0. The Balaban J connectivity index is 0.00000243. The molecule has 0 aromatic heterocycles. The van der Waals surface area contributed by atoms with Crippen molar-refractivity contribution in [2.75, 3.05) is 31.6 Å². The molecule has 0 atom stereocenters. The Kier molecular flexibility index (Phi) is 9.41. The monoisotopic (exact) mass is 407 g/mol. The minimum atomic E-state index is 0. The molecule has 0 spiro atoms. The first kappa shape index (κ1) is 21.7. The van der Waals surface area contributed by atoms with E-state index in [9.17, 15) is 0 Å².